The first-order valence-electron chi connectivity index (χ1n) is 7.96. The number of nitrogens with one attached hydrogen (secondary N) is 1. The van der Waals surface area contributed by atoms with Crippen LogP contribution < -0.4 is 10.1 Å². The summed E-state index contributed by atoms with van der Waals surface area (Å²) >= 11 is 6.11. The van der Waals surface area contributed by atoms with Crippen LogP contribution in [0.1, 0.15) is 16.7 Å². The van der Waals surface area contributed by atoms with E-state index in [1.165, 1.54) is 12.1 Å². The van der Waals surface area contributed by atoms with Crippen molar-refractivity contribution in [2.45, 2.75) is 19.7 Å². The molecule has 0 unspecified atom stereocenters. The van der Waals surface area contributed by atoms with Gasteiger partial charge in [-0.3, -0.25) is 4.98 Å². The molecule has 0 radical (unpaired) electrons. The number of hydrogen-bond donors (Lipinski definition) is 1. The van der Waals surface area contributed by atoms with Crippen molar-refractivity contribution in [1.82, 2.24) is 10.3 Å². The summed E-state index contributed by atoms with van der Waals surface area (Å²) in [5, 5.41) is 4.04. The number of rotatable bonds is 7. The summed E-state index contributed by atoms with van der Waals surface area (Å²) in [5.74, 6) is 0.507. The quantitative estimate of drug-likeness (QED) is 0.663. The number of nitrogens with zero attached hydrogens (tertiary/aromatic N) is 1. The molecule has 0 atom stereocenters. The van der Waals surface area contributed by atoms with Crippen LogP contribution in [0.25, 0.3) is 0 Å². The Morgan fingerprint density at radius 2 is 1.68 bits per heavy atom. The van der Waals surface area contributed by atoms with Crippen LogP contribution in [-0.2, 0) is 19.7 Å². The summed E-state index contributed by atoms with van der Waals surface area (Å²) in [6.45, 7) is 1.73. The van der Waals surface area contributed by atoms with Gasteiger partial charge in [-0.05, 0) is 53.6 Å². The maximum absolute atomic E-state index is 13.0. The Morgan fingerprint density at radius 1 is 0.920 bits per heavy atom. The largest absolute Gasteiger partial charge is 0.489 e. The molecule has 0 aliphatic carbocycles. The van der Waals surface area contributed by atoms with E-state index in [9.17, 15) is 4.39 Å². The average molecular weight is 357 g/mol. The zero-order valence-electron chi connectivity index (χ0n) is 13.6. The Labute approximate surface area is 151 Å². The molecule has 3 aromatic rings. The Bertz CT molecular complexity index is 810. The van der Waals surface area contributed by atoms with Gasteiger partial charge in [0.05, 0.1) is 0 Å². The van der Waals surface area contributed by atoms with Crippen molar-refractivity contribution in [3.8, 4) is 5.75 Å². The van der Waals surface area contributed by atoms with Crippen molar-refractivity contribution in [1.29, 1.82) is 0 Å². The maximum Gasteiger partial charge on any atom is 0.124 e. The van der Waals surface area contributed by atoms with Gasteiger partial charge in [0.2, 0.25) is 0 Å². The SMILES string of the molecule is Fc1ccc(COc2ccc(Cl)cc2CNCc2ccncc2)cc1. The van der Waals surface area contributed by atoms with Crippen molar-refractivity contribution >= 4 is 11.6 Å². The molecule has 3 rings (SSSR count). The number of ether oxygens (including phenoxy) is 1. The van der Waals surface area contributed by atoms with E-state index in [-0.39, 0.29) is 5.82 Å². The number of halogens is 2. The molecule has 2 aromatic carbocycles. The highest BCUT2D eigenvalue weighted by Crippen LogP contribution is 2.24. The van der Waals surface area contributed by atoms with Gasteiger partial charge in [0.1, 0.15) is 18.2 Å². The van der Waals surface area contributed by atoms with E-state index in [0.29, 0.717) is 18.2 Å². The first-order chi connectivity index (χ1) is 12.2. The number of aromatic nitrogens is 1. The van der Waals surface area contributed by atoms with E-state index in [4.69, 9.17) is 16.3 Å². The van der Waals surface area contributed by atoms with Crippen LogP contribution in [0.15, 0.2) is 67.0 Å². The molecule has 1 N–H and O–H groups in total. The van der Waals surface area contributed by atoms with Gasteiger partial charge < -0.3 is 10.1 Å². The highest BCUT2D eigenvalue weighted by molar-refractivity contribution is 6.30. The van der Waals surface area contributed by atoms with Crippen LogP contribution in [-0.4, -0.2) is 4.98 Å². The first kappa shape index (κ1) is 17.4. The molecule has 3 nitrogen and oxygen atoms in total. The molecule has 0 amide bonds. The van der Waals surface area contributed by atoms with Gasteiger partial charge in [-0.25, -0.2) is 4.39 Å². The second kappa shape index (κ2) is 8.60. The minimum atomic E-state index is -0.253. The van der Waals surface area contributed by atoms with E-state index in [1.807, 2.05) is 24.3 Å². The molecule has 0 spiro atoms. The summed E-state index contributed by atoms with van der Waals surface area (Å²) in [4.78, 5) is 4.01. The fourth-order valence-electron chi connectivity index (χ4n) is 2.41. The lowest BCUT2D eigenvalue weighted by molar-refractivity contribution is 0.302. The molecule has 0 saturated heterocycles. The fourth-order valence-corrected chi connectivity index (χ4v) is 2.61. The lowest BCUT2D eigenvalue weighted by Gasteiger charge is -2.13. The van der Waals surface area contributed by atoms with Crippen molar-refractivity contribution in [3.63, 3.8) is 0 Å². The predicted octanol–water partition coefficient (Wildman–Crippen LogP) is 4.74. The van der Waals surface area contributed by atoms with E-state index in [2.05, 4.69) is 10.3 Å². The van der Waals surface area contributed by atoms with Gasteiger partial charge in [0.25, 0.3) is 0 Å². The van der Waals surface area contributed by atoms with Crippen molar-refractivity contribution in [3.05, 3.63) is 94.5 Å². The van der Waals surface area contributed by atoms with Crippen molar-refractivity contribution in [2.75, 3.05) is 0 Å². The minimum Gasteiger partial charge on any atom is -0.489 e. The maximum atomic E-state index is 13.0. The summed E-state index contributed by atoms with van der Waals surface area (Å²) < 4.78 is 18.9. The van der Waals surface area contributed by atoms with Crippen LogP contribution in [0, 0.1) is 5.82 Å². The van der Waals surface area contributed by atoms with Crippen LogP contribution in [0.2, 0.25) is 5.02 Å². The second-order valence-corrected chi connectivity index (χ2v) is 6.06. The molecule has 5 heteroatoms. The van der Waals surface area contributed by atoms with Crippen LogP contribution in [0.5, 0.6) is 5.75 Å². The van der Waals surface area contributed by atoms with Crippen LogP contribution in [0.4, 0.5) is 4.39 Å². The number of pyridine rings is 1. The molecule has 0 fully saturated rings. The van der Waals surface area contributed by atoms with Crippen molar-refractivity contribution in [2.24, 2.45) is 0 Å². The fraction of sp³-hybridized carbons (Fsp3) is 0.150. The molecule has 0 saturated carbocycles. The normalized spacial score (nSPS) is 10.6. The molecule has 1 aromatic heterocycles. The van der Waals surface area contributed by atoms with Gasteiger partial charge in [-0.15, -0.1) is 0 Å². The predicted molar refractivity (Wildman–Crippen MR) is 97.0 cm³/mol. The first-order valence-corrected chi connectivity index (χ1v) is 8.34. The number of benzene rings is 2. The Hall–Kier alpha value is -2.43. The minimum absolute atomic E-state index is 0.253. The number of hydrogen-bond acceptors (Lipinski definition) is 3. The zero-order valence-corrected chi connectivity index (χ0v) is 14.3. The molecule has 128 valence electrons. The Morgan fingerprint density at radius 3 is 2.44 bits per heavy atom. The topological polar surface area (TPSA) is 34.1 Å². The average Bonchev–Trinajstić information content (AvgIpc) is 2.63. The third-order valence-corrected chi connectivity index (χ3v) is 3.96. The van der Waals surface area contributed by atoms with Crippen LogP contribution >= 0.6 is 11.6 Å². The molecular formula is C20H18ClFN2O. The van der Waals surface area contributed by atoms with Crippen molar-refractivity contribution < 1.29 is 9.13 Å². The highest BCUT2D eigenvalue weighted by atomic mass is 35.5. The van der Waals surface area contributed by atoms with Gasteiger partial charge >= 0.3 is 0 Å². The monoisotopic (exact) mass is 356 g/mol. The lowest BCUT2D eigenvalue weighted by atomic mass is 10.2. The van der Waals surface area contributed by atoms with Gasteiger partial charge in [-0.2, -0.15) is 0 Å². The highest BCUT2D eigenvalue weighted by Gasteiger charge is 2.06. The summed E-state index contributed by atoms with van der Waals surface area (Å²) in [6, 6.07) is 15.8. The van der Waals surface area contributed by atoms with Gasteiger partial charge in [-0.1, -0.05) is 23.7 Å². The standard InChI is InChI=1S/C20H18ClFN2O/c21-18-3-6-20(25-14-16-1-4-19(22)5-2-16)17(11-18)13-24-12-15-7-9-23-10-8-15/h1-11,24H,12-14H2. The van der Waals surface area contributed by atoms with Gasteiger partial charge in [0.15, 0.2) is 0 Å². The summed E-state index contributed by atoms with van der Waals surface area (Å²) in [7, 11) is 0. The molecule has 0 aliphatic rings. The molecule has 0 aliphatic heterocycles. The van der Waals surface area contributed by atoms with E-state index < -0.39 is 0 Å². The Kier molecular flexibility index (Phi) is 5.99. The molecule has 1 heterocycles. The van der Waals surface area contributed by atoms with E-state index >= 15 is 0 Å². The smallest absolute Gasteiger partial charge is 0.124 e. The zero-order chi connectivity index (χ0) is 17.5. The second-order valence-electron chi connectivity index (χ2n) is 5.63. The van der Waals surface area contributed by atoms with E-state index in [1.54, 1.807) is 30.6 Å². The van der Waals surface area contributed by atoms with Crippen LogP contribution in [0.3, 0.4) is 0 Å². The Balaban J connectivity index is 1.62. The molecular weight excluding hydrogens is 339 g/mol. The van der Waals surface area contributed by atoms with Gasteiger partial charge in [0, 0.05) is 36.1 Å². The molecule has 25 heavy (non-hydrogen) atoms. The molecule has 0 bridgehead atoms. The summed E-state index contributed by atoms with van der Waals surface area (Å²) in [6.07, 6.45) is 3.54. The summed E-state index contributed by atoms with van der Waals surface area (Å²) in [5.41, 5.74) is 3.04. The van der Waals surface area contributed by atoms with E-state index in [0.717, 1.165) is 29.0 Å². The third-order valence-electron chi connectivity index (χ3n) is 3.72. The lowest BCUT2D eigenvalue weighted by Crippen LogP contribution is -2.13. The third kappa shape index (κ3) is 5.28.